The normalized spacial score (nSPS) is 23.7. The zero-order valence-electron chi connectivity index (χ0n) is 13.4. The van der Waals surface area contributed by atoms with Crippen molar-refractivity contribution in [3.63, 3.8) is 0 Å². The Hall–Kier alpha value is -2.00. The molecule has 1 aliphatic heterocycles. The molecule has 1 N–H and O–H groups in total. The van der Waals surface area contributed by atoms with Gasteiger partial charge in [-0.15, -0.1) is 4.91 Å². The van der Waals surface area contributed by atoms with Crippen LogP contribution in [0.25, 0.3) is 0 Å². The molecule has 1 aromatic rings. The quantitative estimate of drug-likeness (QED) is 0.660. The summed E-state index contributed by atoms with van der Waals surface area (Å²) in [6.07, 6.45) is 3.43. The molecule has 2 aliphatic rings. The summed E-state index contributed by atoms with van der Waals surface area (Å²) in [5.41, 5.74) is 3.36. The van der Waals surface area contributed by atoms with Crippen molar-refractivity contribution in [3.8, 4) is 0 Å². The predicted octanol–water partition coefficient (Wildman–Crippen LogP) is 2.02. The number of hydrazine groups is 1. The van der Waals surface area contributed by atoms with Crippen molar-refractivity contribution in [2.24, 2.45) is 17.1 Å². The Morgan fingerprint density at radius 2 is 1.79 bits per heavy atom. The van der Waals surface area contributed by atoms with Crippen molar-refractivity contribution >= 4 is 16.1 Å². The number of fused-ring (bicyclic) bond motifs is 1. The monoisotopic (exact) mass is 352 g/mol. The molecule has 2 atom stereocenters. The molecule has 2 amide bonds. The molecule has 1 aromatic carbocycles. The summed E-state index contributed by atoms with van der Waals surface area (Å²) >= 11 is 0. The first-order valence-corrected chi connectivity index (χ1v) is 9.36. The van der Waals surface area contributed by atoms with E-state index in [0.717, 1.165) is 18.4 Å². The van der Waals surface area contributed by atoms with Gasteiger partial charge in [-0.25, -0.2) is 9.80 Å². The molecular formula is C15H20N4O4S. The van der Waals surface area contributed by atoms with E-state index in [2.05, 4.69) is 10.7 Å². The highest BCUT2D eigenvalue weighted by atomic mass is 32.2. The standard InChI is InChI=1S/C15H20N4O4S/c1-11-5-7-14(8-6-11)24(22,23)19(17-21)15(20)16-18-9-12-3-2-4-13(12)10-18/h5-8,12-13H,2-4,9-10H2,1H3,(H,16,20). The second-order valence-corrected chi connectivity index (χ2v) is 8.18. The van der Waals surface area contributed by atoms with Gasteiger partial charge in [0.1, 0.15) is 0 Å². The Balaban J connectivity index is 1.72. The van der Waals surface area contributed by atoms with E-state index in [9.17, 15) is 18.1 Å². The Kier molecular flexibility index (Phi) is 4.55. The van der Waals surface area contributed by atoms with E-state index in [0.29, 0.717) is 24.9 Å². The van der Waals surface area contributed by atoms with Gasteiger partial charge in [0.15, 0.2) is 0 Å². The molecule has 24 heavy (non-hydrogen) atoms. The number of nitrogens with zero attached hydrogens (tertiary/aromatic N) is 3. The van der Waals surface area contributed by atoms with Gasteiger partial charge in [0.05, 0.1) is 10.2 Å². The van der Waals surface area contributed by atoms with Crippen molar-refractivity contribution in [2.75, 3.05) is 13.1 Å². The van der Waals surface area contributed by atoms with Gasteiger partial charge in [0.25, 0.3) is 10.0 Å². The number of amides is 2. The fourth-order valence-electron chi connectivity index (χ4n) is 3.50. The van der Waals surface area contributed by atoms with Crippen LogP contribution in [0.1, 0.15) is 24.8 Å². The molecule has 0 aromatic heterocycles. The molecular weight excluding hydrogens is 332 g/mol. The number of nitrogens with one attached hydrogen (secondary N) is 1. The smallest absolute Gasteiger partial charge is 0.268 e. The van der Waals surface area contributed by atoms with Gasteiger partial charge in [0.2, 0.25) is 0 Å². The molecule has 2 fully saturated rings. The summed E-state index contributed by atoms with van der Waals surface area (Å²) in [5.74, 6) is 1.05. The van der Waals surface area contributed by atoms with Crippen molar-refractivity contribution in [3.05, 3.63) is 34.7 Å². The van der Waals surface area contributed by atoms with Gasteiger partial charge in [-0.1, -0.05) is 28.5 Å². The van der Waals surface area contributed by atoms with Gasteiger partial charge in [0, 0.05) is 13.1 Å². The average Bonchev–Trinajstić information content (AvgIpc) is 3.09. The maximum Gasteiger partial charge on any atom is 0.369 e. The molecule has 3 rings (SSSR count). The van der Waals surface area contributed by atoms with Crippen LogP contribution < -0.4 is 5.43 Å². The molecule has 9 heteroatoms. The Labute approximate surface area is 140 Å². The van der Waals surface area contributed by atoms with E-state index < -0.39 is 16.1 Å². The highest BCUT2D eigenvalue weighted by molar-refractivity contribution is 7.89. The van der Waals surface area contributed by atoms with E-state index in [1.165, 1.54) is 18.6 Å². The van der Waals surface area contributed by atoms with Gasteiger partial charge in [-0.3, -0.25) is 5.43 Å². The number of carbonyl (C=O) groups excluding carboxylic acids is 1. The highest BCUT2D eigenvalue weighted by Crippen LogP contribution is 2.36. The minimum Gasteiger partial charge on any atom is -0.268 e. The minimum atomic E-state index is -4.31. The molecule has 8 nitrogen and oxygen atoms in total. The van der Waals surface area contributed by atoms with Crippen LogP contribution >= 0.6 is 0 Å². The molecule has 1 aliphatic carbocycles. The summed E-state index contributed by atoms with van der Waals surface area (Å²) in [5, 5.41) is 4.11. The second kappa shape index (κ2) is 6.48. The van der Waals surface area contributed by atoms with Gasteiger partial charge < -0.3 is 0 Å². The van der Waals surface area contributed by atoms with Crippen LogP contribution in [0.5, 0.6) is 0 Å². The molecule has 2 unspecified atom stereocenters. The van der Waals surface area contributed by atoms with E-state index in [1.807, 2.05) is 6.92 Å². The largest absolute Gasteiger partial charge is 0.369 e. The van der Waals surface area contributed by atoms with Crippen molar-refractivity contribution in [2.45, 2.75) is 31.1 Å². The SMILES string of the molecule is Cc1ccc(S(=O)(=O)N(N=O)C(=O)NN2CC3CCCC3C2)cc1. The number of benzene rings is 1. The number of urea groups is 1. The van der Waals surface area contributed by atoms with Crippen LogP contribution in [0.15, 0.2) is 34.4 Å². The minimum absolute atomic E-state index is 0.0221. The second-order valence-electron chi connectivity index (χ2n) is 6.42. The molecule has 0 bridgehead atoms. The zero-order valence-corrected chi connectivity index (χ0v) is 14.2. The Morgan fingerprint density at radius 1 is 1.21 bits per heavy atom. The first-order chi connectivity index (χ1) is 11.4. The summed E-state index contributed by atoms with van der Waals surface area (Å²) in [7, 11) is -4.31. The summed E-state index contributed by atoms with van der Waals surface area (Å²) in [4.78, 5) is 23.1. The van der Waals surface area contributed by atoms with E-state index in [1.54, 1.807) is 17.1 Å². The molecule has 0 spiro atoms. The molecule has 0 radical (unpaired) electrons. The number of nitroso groups, excluding NO2 is 1. The predicted molar refractivity (Wildman–Crippen MR) is 86.9 cm³/mol. The third-order valence-corrected chi connectivity index (χ3v) is 6.33. The summed E-state index contributed by atoms with van der Waals surface area (Å²) in [6, 6.07) is 4.82. The third kappa shape index (κ3) is 3.13. The third-order valence-electron chi connectivity index (χ3n) is 4.77. The fraction of sp³-hybridized carbons (Fsp3) is 0.533. The van der Waals surface area contributed by atoms with Crippen LogP contribution in [0.4, 0.5) is 4.79 Å². The van der Waals surface area contributed by atoms with Crippen LogP contribution in [-0.4, -0.2) is 37.0 Å². The van der Waals surface area contributed by atoms with Gasteiger partial charge in [-0.05, 0) is 43.7 Å². The van der Waals surface area contributed by atoms with Gasteiger partial charge >= 0.3 is 6.03 Å². The summed E-state index contributed by atoms with van der Waals surface area (Å²) in [6.45, 7) is 3.16. The van der Waals surface area contributed by atoms with Crippen LogP contribution in [-0.2, 0) is 10.0 Å². The topological polar surface area (TPSA) is 99.1 Å². The first-order valence-electron chi connectivity index (χ1n) is 7.92. The van der Waals surface area contributed by atoms with Crippen molar-refractivity contribution in [1.29, 1.82) is 0 Å². The lowest BCUT2D eigenvalue weighted by Gasteiger charge is -2.21. The average molecular weight is 352 g/mol. The fourth-order valence-corrected chi connectivity index (χ4v) is 4.53. The number of aryl methyl sites for hydroxylation is 1. The van der Waals surface area contributed by atoms with Crippen LogP contribution in [0, 0.1) is 23.7 Å². The van der Waals surface area contributed by atoms with E-state index in [-0.39, 0.29) is 9.31 Å². The number of hydrogen-bond acceptors (Lipinski definition) is 6. The van der Waals surface area contributed by atoms with Gasteiger partial charge in [-0.2, -0.15) is 8.42 Å². The van der Waals surface area contributed by atoms with Crippen LogP contribution in [0.3, 0.4) is 0 Å². The van der Waals surface area contributed by atoms with E-state index in [4.69, 9.17) is 0 Å². The van der Waals surface area contributed by atoms with Crippen molar-refractivity contribution < 1.29 is 13.2 Å². The number of hydrogen-bond donors (Lipinski definition) is 1. The van der Waals surface area contributed by atoms with Crippen molar-refractivity contribution in [1.82, 2.24) is 14.8 Å². The summed E-state index contributed by atoms with van der Waals surface area (Å²) < 4.78 is 24.9. The van der Waals surface area contributed by atoms with E-state index >= 15 is 0 Å². The highest BCUT2D eigenvalue weighted by Gasteiger charge is 2.39. The number of sulfonamides is 1. The molecule has 1 saturated carbocycles. The molecule has 130 valence electrons. The lowest BCUT2D eigenvalue weighted by molar-refractivity contribution is 0.175. The lowest BCUT2D eigenvalue weighted by Crippen LogP contribution is -2.48. The Morgan fingerprint density at radius 3 is 2.33 bits per heavy atom. The maximum absolute atomic E-state index is 12.4. The zero-order chi connectivity index (χ0) is 17.3. The first kappa shape index (κ1) is 16.8. The molecule has 1 heterocycles. The molecule has 1 saturated heterocycles. The Bertz CT molecular complexity index is 722. The number of rotatable bonds is 4. The maximum atomic E-state index is 12.4. The number of carbonyl (C=O) groups is 1. The lowest BCUT2D eigenvalue weighted by atomic mass is 10.0. The van der Waals surface area contributed by atoms with Crippen LogP contribution in [0.2, 0.25) is 0 Å².